The van der Waals surface area contributed by atoms with Crippen molar-refractivity contribution in [1.29, 1.82) is 0 Å². The molecule has 0 aromatic heterocycles. The van der Waals surface area contributed by atoms with E-state index >= 15 is 0 Å². The number of hydrogen-bond acceptors (Lipinski definition) is 7. The Morgan fingerprint density at radius 2 is 1.73 bits per heavy atom. The molecule has 11 heteroatoms. The van der Waals surface area contributed by atoms with Crippen molar-refractivity contribution >= 4 is 22.2 Å². The van der Waals surface area contributed by atoms with Gasteiger partial charge in [-0.25, -0.2) is 4.39 Å². The smallest absolute Gasteiger partial charge is 0.384 e. The molecule has 0 saturated heterocycles. The molecule has 4 rings (SSSR count). The maximum absolute atomic E-state index is 13.7. The van der Waals surface area contributed by atoms with E-state index in [9.17, 15) is 22.4 Å². The van der Waals surface area contributed by atoms with Crippen LogP contribution in [0.1, 0.15) is 52.0 Å². The lowest BCUT2D eigenvalue weighted by atomic mass is 9.91. The van der Waals surface area contributed by atoms with Crippen LogP contribution in [-0.4, -0.2) is 44.2 Å². The molecule has 0 radical (unpaired) electrons. The number of amides is 1. The van der Waals surface area contributed by atoms with Crippen LogP contribution in [0.25, 0.3) is 0 Å². The van der Waals surface area contributed by atoms with Gasteiger partial charge in [0, 0.05) is 26.1 Å². The van der Waals surface area contributed by atoms with Gasteiger partial charge in [0.2, 0.25) is 0 Å². The average Bonchev–Trinajstić information content (AvgIpc) is 2.89. The first-order valence-corrected chi connectivity index (χ1v) is 14.0. The summed E-state index contributed by atoms with van der Waals surface area (Å²) in [4.78, 5) is 26.4. The normalized spacial score (nSPS) is 20.5. The molecule has 3 aromatic carbocycles. The summed E-state index contributed by atoms with van der Waals surface area (Å²) in [5.41, 5.74) is 7.96. The summed E-state index contributed by atoms with van der Waals surface area (Å²) in [6.07, 6.45) is 1.28. The van der Waals surface area contributed by atoms with E-state index in [2.05, 4.69) is 5.32 Å². The van der Waals surface area contributed by atoms with E-state index < -0.39 is 39.6 Å². The number of aryl methyl sites for hydroxylation is 1. The molecule has 0 fully saturated rings. The molecule has 2 atom stereocenters. The molecule has 3 aromatic rings. The molecule has 4 bridgehead atoms. The molecule has 3 N–H and O–H groups in total. The highest BCUT2D eigenvalue weighted by Gasteiger charge is 2.31. The Bertz CT molecular complexity index is 1510. The van der Waals surface area contributed by atoms with Crippen molar-refractivity contribution in [2.24, 2.45) is 5.73 Å². The van der Waals surface area contributed by atoms with Crippen molar-refractivity contribution in [3.05, 3.63) is 100 Å². The van der Waals surface area contributed by atoms with Gasteiger partial charge in [-0.05, 0) is 72.4 Å². The monoisotopic (exact) mass is 569 g/mol. The predicted molar refractivity (Wildman–Crippen MR) is 147 cm³/mol. The van der Waals surface area contributed by atoms with Crippen LogP contribution in [0.5, 0.6) is 5.75 Å². The number of cyclic esters (lactones) is 1. The number of hydrogen-bond donors (Lipinski definition) is 2. The van der Waals surface area contributed by atoms with Gasteiger partial charge in [0.25, 0.3) is 5.91 Å². The summed E-state index contributed by atoms with van der Waals surface area (Å²) in [7, 11) is -1.51. The number of rotatable bonds is 4. The quantitative estimate of drug-likeness (QED) is 0.461. The zero-order valence-corrected chi connectivity index (χ0v) is 23.3. The fraction of sp³-hybridized carbons (Fsp3) is 0.310. The van der Waals surface area contributed by atoms with E-state index in [1.807, 2.05) is 24.3 Å². The number of nitrogens with two attached hydrogens (primary N) is 1. The maximum atomic E-state index is 13.7. The molecule has 212 valence electrons. The minimum Gasteiger partial charge on any atom is -0.459 e. The van der Waals surface area contributed by atoms with E-state index in [1.165, 1.54) is 44.4 Å². The predicted octanol–water partition coefficient (Wildman–Crippen LogP) is 3.43. The molecular formula is C29H32FN3O6S. The second-order valence-electron chi connectivity index (χ2n) is 10.3. The van der Waals surface area contributed by atoms with Crippen molar-refractivity contribution in [2.75, 3.05) is 14.1 Å². The van der Waals surface area contributed by atoms with Crippen LogP contribution in [-0.2, 0) is 39.3 Å². The molecule has 9 nitrogen and oxygen atoms in total. The van der Waals surface area contributed by atoms with Crippen molar-refractivity contribution in [2.45, 2.75) is 44.4 Å². The first kappa shape index (κ1) is 29.2. The molecule has 1 aliphatic rings. The molecular weight excluding hydrogens is 537 g/mol. The minimum absolute atomic E-state index is 0.0919. The number of halogens is 1. The third-order valence-corrected chi connectivity index (χ3v) is 7.87. The Kier molecular flexibility index (Phi) is 8.57. The van der Waals surface area contributed by atoms with Crippen LogP contribution < -0.4 is 15.2 Å². The Morgan fingerprint density at radius 1 is 1.02 bits per heavy atom. The van der Waals surface area contributed by atoms with Crippen LogP contribution in [0.15, 0.2) is 66.7 Å². The number of carbonyl (C=O) groups excluding carboxylic acids is 2. The maximum Gasteiger partial charge on any atom is 0.384 e. The van der Waals surface area contributed by atoms with Crippen molar-refractivity contribution < 1.29 is 31.3 Å². The average molecular weight is 570 g/mol. The first-order chi connectivity index (χ1) is 18.8. The summed E-state index contributed by atoms with van der Waals surface area (Å²) in [6, 6.07) is 17.2. The molecule has 0 aliphatic carbocycles. The van der Waals surface area contributed by atoms with Gasteiger partial charge in [0.15, 0.2) is 0 Å². The largest absolute Gasteiger partial charge is 0.459 e. The third kappa shape index (κ3) is 7.23. The van der Waals surface area contributed by atoms with Crippen LogP contribution in [0.4, 0.5) is 4.39 Å². The molecule has 1 amide bonds. The Morgan fingerprint density at radius 3 is 2.42 bits per heavy atom. The first-order valence-electron chi connectivity index (χ1n) is 12.7. The van der Waals surface area contributed by atoms with Gasteiger partial charge in [0.1, 0.15) is 23.7 Å². The van der Waals surface area contributed by atoms with E-state index in [0.717, 1.165) is 15.4 Å². The Hall–Kier alpha value is -3.80. The van der Waals surface area contributed by atoms with E-state index in [1.54, 1.807) is 19.1 Å². The lowest BCUT2D eigenvalue weighted by Gasteiger charge is -2.24. The summed E-state index contributed by atoms with van der Waals surface area (Å²) >= 11 is 0. The molecule has 0 saturated carbocycles. The second-order valence-corrected chi connectivity index (χ2v) is 12.0. The van der Waals surface area contributed by atoms with Gasteiger partial charge in [-0.2, -0.15) is 12.7 Å². The topological polar surface area (TPSA) is 128 Å². The van der Waals surface area contributed by atoms with Gasteiger partial charge in [-0.15, -0.1) is 0 Å². The SMILES string of the molecule is CN(C)S(=O)(=O)Oc1cc2cc(c1)C(=O)NC(c1ccc(F)cc1)CCc1cccc(c1)CC(C)(N)C(=O)OC2. The number of nitrogens with one attached hydrogen (secondary N) is 1. The van der Waals surface area contributed by atoms with E-state index in [4.69, 9.17) is 14.7 Å². The molecule has 2 unspecified atom stereocenters. The zero-order valence-electron chi connectivity index (χ0n) is 22.5. The summed E-state index contributed by atoms with van der Waals surface area (Å²) in [5.74, 6) is -1.69. The molecule has 1 aliphatic heterocycles. The number of ether oxygens (including phenoxy) is 1. The Labute approximate surface area is 233 Å². The Balaban J connectivity index is 1.76. The summed E-state index contributed by atoms with van der Waals surface area (Å²) in [5, 5.41) is 2.98. The summed E-state index contributed by atoms with van der Waals surface area (Å²) in [6.45, 7) is 1.31. The number of nitrogens with zero attached hydrogens (tertiary/aromatic N) is 1. The fourth-order valence-corrected chi connectivity index (χ4v) is 4.88. The van der Waals surface area contributed by atoms with Crippen LogP contribution >= 0.6 is 0 Å². The molecule has 0 spiro atoms. The number of carbonyl (C=O) groups is 2. The van der Waals surface area contributed by atoms with Crippen LogP contribution in [0, 0.1) is 5.82 Å². The van der Waals surface area contributed by atoms with Crippen LogP contribution in [0.3, 0.4) is 0 Å². The number of benzene rings is 3. The highest BCUT2D eigenvalue weighted by molar-refractivity contribution is 7.84. The van der Waals surface area contributed by atoms with E-state index in [-0.39, 0.29) is 24.3 Å². The zero-order chi connectivity index (χ0) is 29.1. The van der Waals surface area contributed by atoms with Crippen molar-refractivity contribution in [3.63, 3.8) is 0 Å². The van der Waals surface area contributed by atoms with Gasteiger partial charge in [-0.1, -0.05) is 36.4 Å². The summed E-state index contributed by atoms with van der Waals surface area (Å²) < 4.78 is 50.0. The number of esters is 1. The fourth-order valence-electron chi connectivity index (χ4n) is 4.39. The van der Waals surface area contributed by atoms with Gasteiger partial charge in [-0.3, -0.25) is 9.59 Å². The lowest BCUT2D eigenvalue weighted by molar-refractivity contribution is -0.150. The van der Waals surface area contributed by atoms with Gasteiger partial charge in [0.05, 0.1) is 6.04 Å². The second kappa shape index (κ2) is 11.7. The van der Waals surface area contributed by atoms with Gasteiger partial charge >= 0.3 is 16.3 Å². The lowest BCUT2D eigenvalue weighted by Crippen LogP contribution is -2.48. The van der Waals surface area contributed by atoms with Crippen LogP contribution in [0.2, 0.25) is 0 Å². The minimum atomic E-state index is -4.13. The highest BCUT2D eigenvalue weighted by Crippen LogP contribution is 2.25. The number of fused-ring (bicyclic) bond motifs is 4. The van der Waals surface area contributed by atoms with E-state index in [0.29, 0.717) is 24.0 Å². The molecule has 40 heavy (non-hydrogen) atoms. The highest BCUT2D eigenvalue weighted by atomic mass is 32.2. The van der Waals surface area contributed by atoms with Crippen molar-refractivity contribution in [1.82, 2.24) is 9.62 Å². The van der Waals surface area contributed by atoms with Gasteiger partial charge < -0.3 is 20.0 Å². The van der Waals surface area contributed by atoms with Crippen molar-refractivity contribution in [3.8, 4) is 5.75 Å². The third-order valence-electron chi connectivity index (χ3n) is 6.58. The standard InChI is InChI=1S/C29H32FN3O6S/c1-29(31)17-20-6-4-5-19(13-20)7-12-26(22-8-10-24(30)11-9-22)32-27(34)23-14-21(18-38-28(29)35)15-25(16-23)39-40(36,37)33(2)3/h4-6,8-11,13-16,26H,7,12,17-18,31H2,1-3H3,(H,32,34). The molecule has 1 heterocycles.